The average molecular weight is 251 g/mol. The van der Waals surface area contributed by atoms with E-state index in [1.165, 1.54) is 0 Å². The summed E-state index contributed by atoms with van der Waals surface area (Å²) in [6.07, 6.45) is 1.81. The van der Waals surface area contributed by atoms with Crippen LogP contribution in [0.5, 0.6) is 0 Å². The minimum Gasteiger partial charge on any atom is -0.339 e. The van der Waals surface area contributed by atoms with Gasteiger partial charge in [0.2, 0.25) is 5.95 Å². The van der Waals surface area contributed by atoms with E-state index in [0.29, 0.717) is 0 Å². The Morgan fingerprint density at radius 3 is 2.28 bits per heavy atom. The van der Waals surface area contributed by atoms with Gasteiger partial charge in [-0.3, -0.25) is 0 Å². The molecule has 1 rings (SSSR count). The normalized spacial score (nSPS) is 10.7. The molecule has 0 bridgehead atoms. The van der Waals surface area contributed by atoms with Gasteiger partial charge in [-0.05, 0) is 26.3 Å². The van der Waals surface area contributed by atoms with E-state index in [-0.39, 0.29) is 0 Å². The van der Waals surface area contributed by atoms with Crippen LogP contribution in [-0.4, -0.2) is 41.4 Å². The van der Waals surface area contributed by atoms with E-state index in [2.05, 4.69) is 53.1 Å². The van der Waals surface area contributed by atoms with Crippen LogP contribution in [0.2, 0.25) is 0 Å². The fraction of sp³-hybridized carbons (Fsp3) is 0.769. The first-order chi connectivity index (χ1) is 8.76. The maximum Gasteiger partial charge on any atom is 0.245 e. The van der Waals surface area contributed by atoms with Gasteiger partial charge in [-0.1, -0.05) is 20.8 Å². The Labute approximate surface area is 110 Å². The fourth-order valence-corrected chi connectivity index (χ4v) is 1.85. The molecule has 102 valence electrons. The van der Waals surface area contributed by atoms with Crippen molar-refractivity contribution in [2.45, 2.75) is 40.5 Å². The van der Waals surface area contributed by atoms with Crippen molar-refractivity contribution >= 4 is 5.95 Å². The van der Waals surface area contributed by atoms with E-state index < -0.39 is 0 Å². The minimum absolute atomic E-state index is 0.754. The molecule has 1 aromatic rings. The van der Waals surface area contributed by atoms with Gasteiger partial charge in [0.15, 0.2) is 0 Å². The second kappa shape index (κ2) is 7.97. The number of anilines is 1. The summed E-state index contributed by atoms with van der Waals surface area (Å²) in [7, 11) is 0. The van der Waals surface area contributed by atoms with Gasteiger partial charge in [0.05, 0.1) is 11.4 Å². The van der Waals surface area contributed by atoms with Gasteiger partial charge in [-0.2, -0.15) is 5.10 Å². The molecule has 5 nitrogen and oxygen atoms in total. The Hall–Kier alpha value is -1.23. The molecule has 0 amide bonds. The van der Waals surface area contributed by atoms with Crippen LogP contribution in [0.15, 0.2) is 0 Å². The van der Waals surface area contributed by atoms with Crippen LogP contribution in [0.1, 0.15) is 39.1 Å². The van der Waals surface area contributed by atoms with Crippen LogP contribution in [0, 0.1) is 0 Å². The molecule has 18 heavy (non-hydrogen) atoms. The highest BCUT2D eigenvalue weighted by atomic mass is 15.3. The Morgan fingerprint density at radius 2 is 1.72 bits per heavy atom. The zero-order chi connectivity index (χ0) is 13.4. The van der Waals surface area contributed by atoms with Crippen LogP contribution >= 0.6 is 0 Å². The van der Waals surface area contributed by atoms with Gasteiger partial charge in [-0.25, -0.2) is 4.98 Å². The zero-order valence-electron chi connectivity index (χ0n) is 12.0. The highest BCUT2D eigenvalue weighted by molar-refractivity contribution is 5.30. The van der Waals surface area contributed by atoms with E-state index >= 15 is 0 Å². The number of aromatic nitrogens is 3. The monoisotopic (exact) mass is 251 g/mol. The molecule has 0 aliphatic heterocycles. The van der Waals surface area contributed by atoms with Crippen molar-refractivity contribution in [1.29, 1.82) is 0 Å². The molecular weight excluding hydrogens is 226 g/mol. The van der Waals surface area contributed by atoms with Crippen molar-refractivity contribution in [3.8, 4) is 0 Å². The summed E-state index contributed by atoms with van der Waals surface area (Å²) in [5.41, 5.74) is 2.09. The summed E-state index contributed by atoms with van der Waals surface area (Å²) in [6.45, 7) is 12.2. The largest absolute Gasteiger partial charge is 0.339 e. The molecule has 0 spiro atoms. The quantitative estimate of drug-likeness (QED) is 0.708. The third kappa shape index (κ3) is 3.91. The molecule has 0 atom stereocenters. The standard InChI is InChI=1S/C13H25N5/c1-5-11-12(6-2)16-17-13(15-11)18(8-4)10-9-14-7-3/h14H,5-10H2,1-4H3. The third-order valence-corrected chi connectivity index (χ3v) is 2.97. The molecule has 0 aliphatic rings. The molecule has 0 aliphatic carbocycles. The highest BCUT2D eigenvalue weighted by Crippen LogP contribution is 2.10. The van der Waals surface area contributed by atoms with Gasteiger partial charge in [0.1, 0.15) is 0 Å². The summed E-state index contributed by atoms with van der Waals surface area (Å²) >= 11 is 0. The maximum absolute atomic E-state index is 4.64. The zero-order valence-corrected chi connectivity index (χ0v) is 12.0. The van der Waals surface area contributed by atoms with Crippen LogP contribution in [0.3, 0.4) is 0 Å². The van der Waals surface area contributed by atoms with Gasteiger partial charge < -0.3 is 10.2 Å². The van der Waals surface area contributed by atoms with Crippen molar-refractivity contribution in [2.24, 2.45) is 0 Å². The lowest BCUT2D eigenvalue weighted by Crippen LogP contribution is -2.33. The Kier molecular flexibility index (Phi) is 6.57. The first-order valence-electron chi connectivity index (χ1n) is 6.94. The number of aryl methyl sites for hydroxylation is 2. The predicted molar refractivity (Wildman–Crippen MR) is 75.0 cm³/mol. The van der Waals surface area contributed by atoms with E-state index in [1.807, 2.05) is 0 Å². The van der Waals surface area contributed by atoms with Gasteiger partial charge in [0, 0.05) is 19.6 Å². The number of likely N-dealkylation sites (N-methyl/N-ethyl adjacent to an activating group) is 2. The van der Waals surface area contributed by atoms with Crippen molar-refractivity contribution < 1.29 is 0 Å². The van der Waals surface area contributed by atoms with Crippen LogP contribution in [0.25, 0.3) is 0 Å². The molecular formula is C13H25N5. The van der Waals surface area contributed by atoms with Crippen molar-refractivity contribution in [1.82, 2.24) is 20.5 Å². The van der Waals surface area contributed by atoms with Crippen LogP contribution in [0.4, 0.5) is 5.95 Å². The summed E-state index contributed by atoms with van der Waals surface area (Å²) in [4.78, 5) is 6.80. The van der Waals surface area contributed by atoms with Crippen molar-refractivity contribution in [2.75, 3.05) is 31.1 Å². The van der Waals surface area contributed by atoms with Crippen molar-refractivity contribution in [3.63, 3.8) is 0 Å². The van der Waals surface area contributed by atoms with Crippen LogP contribution < -0.4 is 10.2 Å². The second-order valence-corrected chi connectivity index (χ2v) is 4.15. The Morgan fingerprint density at radius 1 is 1.00 bits per heavy atom. The summed E-state index contributed by atoms with van der Waals surface area (Å²) in [5, 5.41) is 11.9. The predicted octanol–water partition coefficient (Wildman–Crippen LogP) is 1.43. The van der Waals surface area contributed by atoms with E-state index in [9.17, 15) is 0 Å². The second-order valence-electron chi connectivity index (χ2n) is 4.15. The number of rotatable bonds is 8. The number of nitrogens with one attached hydrogen (secondary N) is 1. The molecule has 1 N–H and O–H groups in total. The summed E-state index contributed by atoms with van der Waals surface area (Å²) in [5.74, 6) is 0.754. The lowest BCUT2D eigenvalue weighted by Gasteiger charge is -2.21. The Bertz CT molecular complexity index is 353. The number of hydrogen-bond acceptors (Lipinski definition) is 5. The van der Waals surface area contributed by atoms with Gasteiger partial charge in [0.25, 0.3) is 0 Å². The lowest BCUT2D eigenvalue weighted by atomic mass is 10.2. The van der Waals surface area contributed by atoms with Crippen molar-refractivity contribution in [3.05, 3.63) is 11.4 Å². The molecule has 0 unspecified atom stereocenters. The van der Waals surface area contributed by atoms with Crippen LogP contribution in [-0.2, 0) is 12.8 Å². The molecule has 0 fully saturated rings. The van der Waals surface area contributed by atoms with Gasteiger partial charge >= 0.3 is 0 Å². The first kappa shape index (κ1) is 14.8. The lowest BCUT2D eigenvalue weighted by molar-refractivity contribution is 0.667. The van der Waals surface area contributed by atoms with E-state index in [0.717, 1.165) is 56.4 Å². The fourth-order valence-electron chi connectivity index (χ4n) is 1.85. The SMILES string of the molecule is CCNCCN(CC)c1nnc(CC)c(CC)n1. The summed E-state index contributed by atoms with van der Waals surface area (Å²) in [6, 6.07) is 0. The highest BCUT2D eigenvalue weighted by Gasteiger charge is 2.11. The van der Waals surface area contributed by atoms with E-state index in [4.69, 9.17) is 0 Å². The minimum atomic E-state index is 0.754. The average Bonchev–Trinajstić information content (AvgIpc) is 2.43. The number of hydrogen-bond donors (Lipinski definition) is 1. The molecule has 1 aromatic heterocycles. The third-order valence-electron chi connectivity index (χ3n) is 2.97. The molecule has 1 heterocycles. The maximum atomic E-state index is 4.64. The number of nitrogens with zero attached hydrogens (tertiary/aromatic N) is 4. The smallest absolute Gasteiger partial charge is 0.245 e. The molecule has 0 saturated carbocycles. The topological polar surface area (TPSA) is 53.9 Å². The molecule has 0 radical (unpaired) electrons. The molecule has 0 aromatic carbocycles. The first-order valence-corrected chi connectivity index (χ1v) is 6.94. The molecule has 5 heteroatoms. The Balaban J connectivity index is 2.79. The van der Waals surface area contributed by atoms with Gasteiger partial charge in [-0.15, -0.1) is 5.10 Å². The summed E-state index contributed by atoms with van der Waals surface area (Å²) < 4.78 is 0. The molecule has 0 saturated heterocycles. The van der Waals surface area contributed by atoms with E-state index in [1.54, 1.807) is 0 Å².